The molecular weight excluding hydrogens is 324 g/mol. The Hall–Kier alpha value is -2.47. The Morgan fingerprint density at radius 1 is 1.21 bits per heavy atom. The van der Waals surface area contributed by atoms with E-state index in [0.717, 1.165) is 16.8 Å². The Labute approximate surface area is 144 Å². The normalized spacial score (nSPS) is 10.7. The smallest absolute Gasteiger partial charge is 0.257 e. The molecule has 124 valence electrons. The molecule has 0 bridgehead atoms. The molecule has 3 aromatic rings. The van der Waals surface area contributed by atoms with Gasteiger partial charge < -0.3 is 14.5 Å². The molecule has 0 saturated heterocycles. The molecule has 1 aromatic heterocycles. The molecule has 0 aliphatic heterocycles. The van der Waals surface area contributed by atoms with E-state index in [2.05, 4.69) is 10.3 Å². The van der Waals surface area contributed by atoms with Crippen molar-refractivity contribution in [2.24, 2.45) is 0 Å². The lowest BCUT2D eigenvalue weighted by molar-refractivity contribution is -0.118. The first kappa shape index (κ1) is 16.4. The second kappa shape index (κ2) is 7.88. The molecule has 5 nitrogen and oxygen atoms in total. The van der Waals surface area contributed by atoms with E-state index < -0.39 is 0 Å². The molecular formula is C18H18N2O3S. The maximum absolute atomic E-state index is 11.8. The van der Waals surface area contributed by atoms with Gasteiger partial charge in [-0.05, 0) is 31.2 Å². The lowest BCUT2D eigenvalue weighted by atomic mass is 10.2. The molecule has 0 spiro atoms. The quantitative estimate of drug-likeness (QED) is 0.526. The van der Waals surface area contributed by atoms with Crippen LogP contribution < -0.4 is 10.1 Å². The van der Waals surface area contributed by atoms with Crippen molar-refractivity contribution >= 4 is 28.8 Å². The van der Waals surface area contributed by atoms with Gasteiger partial charge >= 0.3 is 0 Å². The minimum absolute atomic E-state index is 0.0743. The Balaban J connectivity index is 1.37. The predicted molar refractivity (Wildman–Crippen MR) is 94.4 cm³/mol. The van der Waals surface area contributed by atoms with Crippen LogP contribution in [0.25, 0.3) is 11.1 Å². The number of thioether (sulfide) groups is 1. The van der Waals surface area contributed by atoms with Gasteiger partial charge in [0, 0.05) is 0 Å². The second-order valence-electron chi connectivity index (χ2n) is 5.25. The highest BCUT2D eigenvalue weighted by atomic mass is 32.2. The summed E-state index contributed by atoms with van der Waals surface area (Å²) in [7, 11) is 0. The summed E-state index contributed by atoms with van der Waals surface area (Å²) in [5.41, 5.74) is 2.71. The number of nitrogens with zero attached hydrogens (tertiary/aromatic N) is 1. The van der Waals surface area contributed by atoms with Crippen LogP contribution in [-0.2, 0) is 4.79 Å². The van der Waals surface area contributed by atoms with E-state index >= 15 is 0 Å². The first-order chi connectivity index (χ1) is 11.7. The molecule has 24 heavy (non-hydrogen) atoms. The summed E-state index contributed by atoms with van der Waals surface area (Å²) in [6, 6.07) is 15.3. The number of aryl methyl sites for hydroxylation is 1. The van der Waals surface area contributed by atoms with Gasteiger partial charge in [-0.25, -0.2) is 4.98 Å². The largest absolute Gasteiger partial charge is 0.492 e. The van der Waals surface area contributed by atoms with Gasteiger partial charge in [0.1, 0.15) is 17.9 Å². The summed E-state index contributed by atoms with van der Waals surface area (Å²) in [5.74, 6) is 0.989. The van der Waals surface area contributed by atoms with Crippen LogP contribution in [0.1, 0.15) is 5.56 Å². The van der Waals surface area contributed by atoms with Crippen LogP contribution in [0.2, 0.25) is 0 Å². The van der Waals surface area contributed by atoms with Crippen LogP contribution >= 0.6 is 11.8 Å². The number of oxazole rings is 1. The maximum Gasteiger partial charge on any atom is 0.257 e. The monoisotopic (exact) mass is 342 g/mol. The number of hydrogen-bond donors (Lipinski definition) is 1. The topological polar surface area (TPSA) is 64.4 Å². The molecule has 0 aliphatic carbocycles. The zero-order chi connectivity index (χ0) is 16.8. The number of amides is 1. The number of rotatable bonds is 7. The molecule has 0 atom stereocenters. The average molecular weight is 342 g/mol. The highest BCUT2D eigenvalue weighted by Crippen LogP contribution is 2.22. The van der Waals surface area contributed by atoms with Crippen LogP contribution in [0.15, 0.2) is 58.2 Å². The molecule has 1 N–H and O–H groups in total. The number of benzene rings is 2. The standard InChI is InChI=1S/C18H18N2O3S/c1-13-6-8-14(9-7-13)22-11-10-19-17(21)12-24-18-20-15-4-2-3-5-16(15)23-18/h2-9H,10-12H2,1H3,(H,19,21). The predicted octanol–water partition coefficient (Wildman–Crippen LogP) is 3.42. The molecule has 1 amide bonds. The summed E-state index contributed by atoms with van der Waals surface area (Å²) >= 11 is 1.28. The fourth-order valence-corrected chi connectivity index (χ4v) is 2.75. The van der Waals surface area contributed by atoms with E-state index in [9.17, 15) is 4.79 Å². The van der Waals surface area contributed by atoms with E-state index in [1.807, 2.05) is 55.5 Å². The van der Waals surface area contributed by atoms with Crippen LogP contribution in [0.3, 0.4) is 0 Å². The first-order valence-corrected chi connectivity index (χ1v) is 8.64. The molecule has 3 rings (SSSR count). The minimum Gasteiger partial charge on any atom is -0.492 e. The van der Waals surface area contributed by atoms with E-state index in [1.165, 1.54) is 17.3 Å². The van der Waals surface area contributed by atoms with Gasteiger partial charge in [0.15, 0.2) is 5.58 Å². The highest BCUT2D eigenvalue weighted by molar-refractivity contribution is 7.99. The van der Waals surface area contributed by atoms with Gasteiger partial charge in [0.05, 0.1) is 12.3 Å². The van der Waals surface area contributed by atoms with Crippen molar-refractivity contribution in [2.45, 2.75) is 12.1 Å². The van der Waals surface area contributed by atoms with Gasteiger partial charge in [0.2, 0.25) is 5.91 Å². The molecule has 0 saturated carbocycles. The number of hydrogen-bond acceptors (Lipinski definition) is 5. The molecule has 0 unspecified atom stereocenters. The van der Waals surface area contributed by atoms with Gasteiger partial charge in [-0.2, -0.15) is 0 Å². The van der Waals surface area contributed by atoms with E-state index in [4.69, 9.17) is 9.15 Å². The highest BCUT2D eigenvalue weighted by Gasteiger charge is 2.08. The van der Waals surface area contributed by atoms with Crippen LogP contribution in [0.4, 0.5) is 0 Å². The summed E-state index contributed by atoms with van der Waals surface area (Å²) in [6.45, 7) is 2.92. The minimum atomic E-state index is -0.0743. The lowest BCUT2D eigenvalue weighted by Crippen LogP contribution is -2.29. The van der Waals surface area contributed by atoms with Crippen molar-refractivity contribution in [1.29, 1.82) is 0 Å². The van der Waals surface area contributed by atoms with Crippen LogP contribution in [0.5, 0.6) is 5.75 Å². The van der Waals surface area contributed by atoms with Gasteiger partial charge in [-0.15, -0.1) is 0 Å². The summed E-state index contributed by atoms with van der Waals surface area (Å²) in [5, 5.41) is 3.32. The van der Waals surface area contributed by atoms with E-state index in [0.29, 0.717) is 18.4 Å². The fraction of sp³-hybridized carbons (Fsp3) is 0.222. The van der Waals surface area contributed by atoms with Crippen molar-refractivity contribution < 1.29 is 13.9 Å². The number of carbonyl (C=O) groups is 1. The van der Waals surface area contributed by atoms with Crippen LogP contribution in [-0.4, -0.2) is 29.8 Å². The van der Waals surface area contributed by atoms with Gasteiger partial charge in [-0.1, -0.05) is 41.6 Å². The van der Waals surface area contributed by atoms with E-state index in [-0.39, 0.29) is 11.7 Å². The Bertz CT molecular complexity index is 782. The molecule has 0 fully saturated rings. The molecule has 2 aromatic carbocycles. The Morgan fingerprint density at radius 3 is 2.79 bits per heavy atom. The number of carbonyl (C=O) groups excluding carboxylic acids is 1. The third-order valence-electron chi connectivity index (χ3n) is 3.31. The molecule has 0 aliphatic rings. The van der Waals surface area contributed by atoms with Crippen molar-refractivity contribution in [1.82, 2.24) is 10.3 Å². The zero-order valence-electron chi connectivity index (χ0n) is 13.3. The maximum atomic E-state index is 11.8. The number of ether oxygens (including phenoxy) is 1. The third kappa shape index (κ3) is 4.52. The summed E-state index contributed by atoms with van der Waals surface area (Å²) < 4.78 is 11.1. The van der Waals surface area contributed by atoms with Crippen molar-refractivity contribution in [2.75, 3.05) is 18.9 Å². The zero-order valence-corrected chi connectivity index (χ0v) is 14.1. The van der Waals surface area contributed by atoms with Crippen LogP contribution in [0, 0.1) is 6.92 Å². The Morgan fingerprint density at radius 2 is 2.00 bits per heavy atom. The molecule has 6 heteroatoms. The first-order valence-electron chi connectivity index (χ1n) is 7.65. The summed E-state index contributed by atoms with van der Waals surface area (Å²) in [4.78, 5) is 16.2. The van der Waals surface area contributed by atoms with Crippen molar-refractivity contribution in [3.05, 3.63) is 54.1 Å². The molecule has 0 radical (unpaired) electrons. The fourth-order valence-electron chi connectivity index (χ4n) is 2.08. The average Bonchev–Trinajstić information content (AvgIpc) is 3.01. The van der Waals surface area contributed by atoms with E-state index in [1.54, 1.807) is 0 Å². The van der Waals surface area contributed by atoms with Gasteiger partial charge in [-0.3, -0.25) is 4.79 Å². The third-order valence-corrected chi connectivity index (χ3v) is 4.14. The van der Waals surface area contributed by atoms with Crippen molar-refractivity contribution in [3.63, 3.8) is 0 Å². The second-order valence-corrected chi connectivity index (χ2v) is 6.17. The van der Waals surface area contributed by atoms with Crippen molar-refractivity contribution in [3.8, 4) is 5.75 Å². The number of para-hydroxylation sites is 2. The molecule has 1 heterocycles. The lowest BCUT2D eigenvalue weighted by Gasteiger charge is -2.07. The number of aromatic nitrogens is 1. The SMILES string of the molecule is Cc1ccc(OCCNC(=O)CSc2nc3ccccc3o2)cc1. The Kier molecular flexibility index (Phi) is 5.38. The number of fused-ring (bicyclic) bond motifs is 1. The van der Waals surface area contributed by atoms with Gasteiger partial charge in [0.25, 0.3) is 5.22 Å². The number of nitrogens with one attached hydrogen (secondary N) is 1. The summed E-state index contributed by atoms with van der Waals surface area (Å²) in [6.07, 6.45) is 0.